The zero-order chi connectivity index (χ0) is 11.4. The van der Waals surface area contributed by atoms with Crippen molar-refractivity contribution in [2.24, 2.45) is 0 Å². The Morgan fingerprint density at radius 2 is 2.19 bits per heavy atom. The maximum Gasteiger partial charge on any atom is 0.141 e. The Bertz CT molecular complexity index is 346. The summed E-state index contributed by atoms with van der Waals surface area (Å²) in [7, 11) is 0. The molecule has 0 unspecified atom stereocenters. The number of halogens is 1. The van der Waals surface area contributed by atoms with Crippen molar-refractivity contribution < 1.29 is 9.50 Å². The van der Waals surface area contributed by atoms with E-state index < -0.39 is 0 Å². The molecule has 1 aromatic rings. The third-order valence-electron chi connectivity index (χ3n) is 3.06. The minimum absolute atomic E-state index is 0.136. The van der Waals surface area contributed by atoms with Gasteiger partial charge in [0.15, 0.2) is 0 Å². The molecule has 0 amide bonds. The van der Waals surface area contributed by atoms with Crippen LogP contribution in [0, 0.1) is 5.82 Å². The Kier molecular flexibility index (Phi) is 3.85. The lowest BCUT2D eigenvalue weighted by Gasteiger charge is -2.28. The number of aliphatic hydroxyl groups is 1. The normalized spacial score (nSPS) is 25.6. The fourth-order valence-electron chi connectivity index (χ4n) is 2.15. The lowest BCUT2D eigenvalue weighted by Crippen LogP contribution is -2.41. The number of aliphatic hydroxyl groups excluding tert-OH is 1. The fourth-order valence-corrected chi connectivity index (χ4v) is 2.15. The van der Waals surface area contributed by atoms with Gasteiger partial charge >= 0.3 is 0 Å². The molecule has 2 N–H and O–H groups in total. The molecule has 4 heteroatoms. The zero-order valence-electron chi connectivity index (χ0n) is 9.19. The van der Waals surface area contributed by atoms with Crippen LogP contribution in [0.25, 0.3) is 0 Å². The molecular formula is C12H17FN2O. The quantitative estimate of drug-likeness (QED) is 0.820. The van der Waals surface area contributed by atoms with E-state index in [2.05, 4.69) is 10.3 Å². The average molecular weight is 224 g/mol. The van der Waals surface area contributed by atoms with Gasteiger partial charge in [-0.1, -0.05) is 12.8 Å². The van der Waals surface area contributed by atoms with E-state index in [1.165, 1.54) is 12.3 Å². The summed E-state index contributed by atoms with van der Waals surface area (Å²) in [5, 5.41) is 13.0. The van der Waals surface area contributed by atoms with Crippen molar-refractivity contribution in [2.75, 3.05) is 0 Å². The summed E-state index contributed by atoms with van der Waals surface area (Å²) in [6.45, 7) is 0.562. The second kappa shape index (κ2) is 5.37. The largest absolute Gasteiger partial charge is 0.392 e. The van der Waals surface area contributed by atoms with Gasteiger partial charge in [0.2, 0.25) is 0 Å². The molecule has 1 aromatic heterocycles. The van der Waals surface area contributed by atoms with Crippen molar-refractivity contribution in [2.45, 2.75) is 44.4 Å². The number of pyridine rings is 1. The SMILES string of the molecule is O[C@H]1CCCC[C@@H]1NCc1cncc(F)c1. The third-order valence-corrected chi connectivity index (χ3v) is 3.06. The topological polar surface area (TPSA) is 45.1 Å². The molecule has 0 saturated heterocycles. The molecular weight excluding hydrogens is 207 g/mol. The highest BCUT2D eigenvalue weighted by atomic mass is 19.1. The molecule has 1 aliphatic rings. The molecule has 0 aromatic carbocycles. The second-order valence-electron chi connectivity index (χ2n) is 4.35. The molecule has 1 aliphatic carbocycles. The van der Waals surface area contributed by atoms with Crippen LogP contribution in [-0.4, -0.2) is 22.2 Å². The molecule has 0 spiro atoms. The molecule has 0 radical (unpaired) electrons. The molecule has 0 bridgehead atoms. The van der Waals surface area contributed by atoms with Gasteiger partial charge in [0.1, 0.15) is 5.82 Å². The number of aromatic nitrogens is 1. The van der Waals surface area contributed by atoms with Crippen LogP contribution in [0.15, 0.2) is 18.5 Å². The first-order chi connectivity index (χ1) is 7.75. The van der Waals surface area contributed by atoms with E-state index in [1.807, 2.05) is 0 Å². The minimum Gasteiger partial charge on any atom is -0.392 e. The highest BCUT2D eigenvalue weighted by molar-refractivity contribution is 5.10. The van der Waals surface area contributed by atoms with E-state index in [0.717, 1.165) is 31.2 Å². The number of hydrogen-bond acceptors (Lipinski definition) is 3. The van der Waals surface area contributed by atoms with E-state index in [9.17, 15) is 9.50 Å². The van der Waals surface area contributed by atoms with E-state index in [1.54, 1.807) is 6.20 Å². The smallest absolute Gasteiger partial charge is 0.141 e. The highest BCUT2D eigenvalue weighted by Gasteiger charge is 2.22. The third kappa shape index (κ3) is 3.00. The second-order valence-corrected chi connectivity index (χ2v) is 4.35. The van der Waals surface area contributed by atoms with Crippen molar-refractivity contribution in [1.82, 2.24) is 10.3 Å². The molecule has 2 atom stereocenters. The Balaban J connectivity index is 1.86. The Morgan fingerprint density at radius 1 is 1.38 bits per heavy atom. The van der Waals surface area contributed by atoms with Crippen LogP contribution in [-0.2, 0) is 6.54 Å². The monoisotopic (exact) mass is 224 g/mol. The van der Waals surface area contributed by atoms with Crippen LogP contribution in [0.3, 0.4) is 0 Å². The van der Waals surface area contributed by atoms with Crippen LogP contribution in [0.2, 0.25) is 0 Å². The van der Waals surface area contributed by atoms with Crippen LogP contribution in [0.4, 0.5) is 4.39 Å². The number of rotatable bonds is 3. The Hall–Kier alpha value is -1.00. The molecule has 1 saturated carbocycles. The summed E-state index contributed by atoms with van der Waals surface area (Å²) in [6, 6.07) is 1.60. The van der Waals surface area contributed by atoms with E-state index in [-0.39, 0.29) is 18.0 Å². The molecule has 16 heavy (non-hydrogen) atoms. The summed E-state index contributed by atoms with van der Waals surface area (Å²) in [5.41, 5.74) is 0.817. The van der Waals surface area contributed by atoms with Crippen LogP contribution >= 0.6 is 0 Å². The number of nitrogens with one attached hydrogen (secondary N) is 1. The maximum absolute atomic E-state index is 12.9. The van der Waals surface area contributed by atoms with Crippen LogP contribution < -0.4 is 5.32 Å². The van der Waals surface area contributed by atoms with E-state index >= 15 is 0 Å². The first-order valence-electron chi connectivity index (χ1n) is 5.76. The lowest BCUT2D eigenvalue weighted by atomic mass is 9.92. The Morgan fingerprint density at radius 3 is 2.94 bits per heavy atom. The van der Waals surface area contributed by atoms with Gasteiger partial charge in [-0.05, 0) is 24.5 Å². The van der Waals surface area contributed by atoms with Gasteiger partial charge in [-0.2, -0.15) is 0 Å². The van der Waals surface area contributed by atoms with Gasteiger partial charge < -0.3 is 10.4 Å². The summed E-state index contributed by atoms with van der Waals surface area (Å²) >= 11 is 0. The van der Waals surface area contributed by atoms with Crippen molar-refractivity contribution in [3.63, 3.8) is 0 Å². The first-order valence-corrected chi connectivity index (χ1v) is 5.76. The van der Waals surface area contributed by atoms with Crippen molar-refractivity contribution >= 4 is 0 Å². The average Bonchev–Trinajstić information content (AvgIpc) is 2.28. The molecule has 3 nitrogen and oxygen atoms in total. The molecule has 1 fully saturated rings. The van der Waals surface area contributed by atoms with Gasteiger partial charge in [-0.15, -0.1) is 0 Å². The van der Waals surface area contributed by atoms with E-state index in [0.29, 0.717) is 6.54 Å². The van der Waals surface area contributed by atoms with Gasteiger partial charge in [-0.3, -0.25) is 4.98 Å². The predicted molar refractivity (Wildman–Crippen MR) is 59.3 cm³/mol. The zero-order valence-corrected chi connectivity index (χ0v) is 9.19. The van der Waals surface area contributed by atoms with Gasteiger partial charge in [0.25, 0.3) is 0 Å². The van der Waals surface area contributed by atoms with Gasteiger partial charge in [0, 0.05) is 18.8 Å². The van der Waals surface area contributed by atoms with Crippen molar-refractivity contribution in [1.29, 1.82) is 0 Å². The fraction of sp³-hybridized carbons (Fsp3) is 0.583. The minimum atomic E-state index is -0.316. The molecule has 2 rings (SSSR count). The lowest BCUT2D eigenvalue weighted by molar-refractivity contribution is 0.0902. The van der Waals surface area contributed by atoms with E-state index in [4.69, 9.17) is 0 Å². The highest BCUT2D eigenvalue weighted by Crippen LogP contribution is 2.18. The summed E-state index contributed by atoms with van der Waals surface area (Å²) in [6.07, 6.45) is 6.67. The number of nitrogens with zero attached hydrogens (tertiary/aromatic N) is 1. The van der Waals surface area contributed by atoms with Gasteiger partial charge in [-0.25, -0.2) is 4.39 Å². The summed E-state index contributed by atoms with van der Waals surface area (Å²) in [4.78, 5) is 3.79. The maximum atomic E-state index is 12.9. The first kappa shape index (κ1) is 11.5. The van der Waals surface area contributed by atoms with Crippen LogP contribution in [0.5, 0.6) is 0 Å². The summed E-state index contributed by atoms with van der Waals surface area (Å²) < 4.78 is 12.9. The van der Waals surface area contributed by atoms with Crippen molar-refractivity contribution in [3.05, 3.63) is 29.8 Å². The molecule has 0 aliphatic heterocycles. The standard InChI is InChI=1S/C12H17FN2O/c13-10-5-9(6-14-8-10)7-15-11-3-1-2-4-12(11)16/h5-6,8,11-12,15-16H,1-4,7H2/t11-,12-/m0/s1. The molecule has 88 valence electrons. The molecule has 1 heterocycles. The Labute approximate surface area is 94.7 Å². The predicted octanol–water partition coefficient (Wildman–Crippen LogP) is 1.61. The van der Waals surface area contributed by atoms with Crippen LogP contribution in [0.1, 0.15) is 31.2 Å². The number of hydrogen-bond donors (Lipinski definition) is 2. The van der Waals surface area contributed by atoms with Gasteiger partial charge in [0.05, 0.1) is 12.3 Å². The van der Waals surface area contributed by atoms with Crippen molar-refractivity contribution in [3.8, 4) is 0 Å². The summed E-state index contributed by atoms with van der Waals surface area (Å²) in [5.74, 6) is -0.316.